The van der Waals surface area contributed by atoms with Gasteiger partial charge >= 0.3 is 0 Å². The Morgan fingerprint density at radius 1 is 0.317 bits per heavy atom. The maximum Gasteiger partial charge on any atom is 0.0621 e. The molecule has 0 amide bonds. The first-order valence-corrected chi connectivity index (χ1v) is 14.2. The van der Waals surface area contributed by atoms with Crippen molar-refractivity contribution in [1.82, 2.24) is 4.40 Å². The molecule has 0 saturated carbocycles. The van der Waals surface area contributed by atoms with Crippen molar-refractivity contribution >= 4 is 48.9 Å². The molecule has 0 bridgehead atoms. The van der Waals surface area contributed by atoms with Gasteiger partial charge in [0.2, 0.25) is 0 Å². The number of fused-ring (bicyclic) bond motifs is 8. The Hall–Kier alpha value is -5.40. The molecular formula is C40H25N. The van der Waals surface area contributed by atoms with Crippen molar-refractivity contribution in [3.05, 3.63) is 152 Å². The van der Waals surface area contributed by atoms with E-state index in [-0.39, 0.29) is 0 Å². The highest BCUT2D eigenvalue weighted by molar-refractivity contribution is 6.29. The Morgan fingerprint density at radius 2 is 0.854 bits per heavy atom. The van der Waals surface area contributed by atoms with E-state index in [1.54, 1.807) is 0 Å². The van der Waals surface area contributed by atoms with Gasteiger partial charge in [-0.2, -0.15) is 0 Å². The summed E-state index contributed by atoms with van der Waals surface area (Å²) in [6.07, 6.45) is 0. The molecule has 1 heteroatoms. The number of hydrogen-bond donors (Lipinski definition) is 0. The normalized spacial score (nSPS) is 11.9. The average molecular weight is 520 g/mol. The molecule has 0 atom stereocenters. The number of hydrogen-bond acceptors (Lipinski definition) is 0. The molecule has 0 spiro atoms. The first-order chi connectivity index (χ1) is 20.3. The van der Waals surface area contributed by atoms with Gasteiger partial charge < -0.3 is 4.40 Å². The minimum atomic E-state index is 1.23. The van der Waals surface area contributed by atoms with Gasteiger partial charge in [0.25, 0.3) is 0 Å². The molecule has 0 N–H and O–H groups in total. The van der Waals surface area contributed by atoms with Gasteiger partial charge in [-0.25, -0.2) is 0 Å². The zero-order valence-corrected chi connectivity index (χ0v) is 22.4. The molecule has 0 aliphatic carbocycles. The van der Waals surface area contributed by atoms with Crippen LogP contribution in [-0.4, -0.2) is 4.40 Å². The van der Waals surface area contributed by atoms with Crippen molar-refractivity contribution in [2.75, 3.05) is 0 Å². The highest BCUT2D eigenvalue weighted by atomic mass is 14.9. The molecule has 0 saturated heterocycles. The maximum atomic E-state index is 2.47. The monoisotopic (exact) mass is 519 g/mol. The quantitative estimate of drug-likeness (QED) is 0.219. The fraction of sp³-hybridized carbons (Fsp3) is 0. The number of nitrogens with zero attached hydrogens (tertiary/aromatic N) is 1. The molecule has 9 aromatic rings. The molecule has 0 fully saturated rings. The largest absolute Gasteiger partial charge is 0.308 e. The summed E-state index contributed by atoms with van der Waals surface area (Å²) in [5.74, 6) is 0. The van der Waals surface area contributed by atoms with Crippen LogP contribution in [0.4, 0.5) is 0 Å². The third kappa shape index (κ3) is 3.30. The first-order valence-electron chi connectivity index (χ1n) is 14.2. The van der Waals surface area contributed by atoms with Crippen LogP contribution in [-0.2, 0) is 0 Å². The number of aromatic nitrogens is 1. The van der Waals surface area contributed by atoms with Crippen LogP contribution in [0, 0.1) is 0 Å². The van der Waals surface area contributed by atoms with Gasteiger partial charge in [0, 0.05) is 21.5 Å². The fourth-order valence-corrected chi connectivity index (χ4v) is 6.82. The molecule has 2 heterocycles. The number of benzene rings is 7. The summed E-state index contributed by atoms with van der Waals surface area (Å²) in [5.41, 5.74) is 11.2. The van der Waals surface area contributed by atoms with E-state index in [1.807, 2.05) is 0 Å². The van der Waals surface area contributed by atoms with E-state index < -0.39 is 0 Å². The second-order valence-electron chi connectivity index (χ2n) is 11.0. The second kappa shape index (κ2) is 8.55. The Kier molecular flexibility index (Phi) is 4.67. The minimum Gasteiger partial charge on any atom is -0.308 e. The minimum absolute atomic E-state index is 1.23. The van der Waals surface area contributed by atoms with E-state index in [0.717, 1.165) is 0 Å². The van der Waals surface area contributed by atoms with E-state index >= 15 is 0 Å². The second-order valence-corrected chi connectivity index (χ2v) is 11.0. The Morgan fingerprint density at radius 3 is 1.56 bits per heavy atom. The fourth-order valence-electron chi connectivity index (χ4n) is 6.82. The van der Waals surface area contributed by atoms with Gasteiger partial charge in [-0.3, -0.25) is 0 Å². The van der Waals surface area contributed by atoms with Gasteiger partial charge in [-0.15, -0.1) is 0 Å². The SMILES string of the molecule is c1ccc(-c2cc(-c3ccccc3)cc(-c3cc4c5ccccc5n5c6ccc7ccccc7c6c(c3)c45)c2)cc1. The lowest BCUT2D eigenvalue weighted by Gasteiger charge is -2.12. The highest BCUT2D eigenvalue weighted by Crippen LogP contribution is 2.44. The molecule has 2 aromatic heterocycles. The summed E-state index contributed by atoms with van der Waals surface area (Å²) in [6.45, 7) is 0. The molecule has 9 rings (SSSR count). The third-order valence-electron chi connectivity index (χ3n) is 8.67. The van der Waals surface area contributed by atoms with Crippen molar-refractivity contribution in [3.63, 3.8) is 0 Å². The Balaban J connectivity index is 1.42. The summed E-state index contributed by atoms with van der Waals surface area (Å²) >= 11 is 0. The van der Waals surface area contributed by atoms with Crippen molar-refractivity contribution in [2.45, 2.75) is 0 Å². The van der Waals surface area contributed by atoms with Crippen LogP contribution in [0.3, 0.4) is 0 Å². The van der Waals surface area contributed by atoms with Gasteiger partial charge in [-0.1, -0.05) is 109 Å². The molecule has 190 valence electrons. The molecule has 7 aromatic carbocycles. The predicted molar refractivity (Wildman–Crippen MR) is 175 cm³/mol. The Labute approximate surface area is 237 Å². The third-order valence-corrected chi connectivity index (χ3v) is 8.67. The van der Waals surface area contributed by atoms with Crippen molar-refractivity contribution < 1.29 is 0 Å². The van der Waals surface area contributed by atoms with Crippen molar-refractivity contribution in [1.29, 1.82) is 0 Å². The smallest absolute Gasteiger partial charge is 0.0621 e. The van der Waals surface area contributed by atoms with Crippen LogP contribution in [0.25, 0.3) is 82.2 Å². The first kappa shape index (κ1) is 22.4. The summed E-state index contributed by atoms with van der Waals surface area (Å²) in [5, 5.41) is 7.83. The van der Waals surface area contributed by atoms with E-state index in [2.05, 4.69) is 156 Å². The molecule has 0 aliphatic rings. The lowest BCUT2D eigenvalue weighted by Crippen LogP contribution is -1.86. The summed E-state index contributed by atoms with van der Waals surface area (Å²) in [4.78, 5) is 0. The number of para-hydroxylation sites is 1. The number of rotatable bonds is 3. The predicted octanol–water partition coefficient (Wildman–Crippen LogP) is 11.0. The van der Waals surface area contributed by atoms with Crippen LogP contribution >= 0.6 is 0 Å². The van der Waals surface area contributed by atoms with Crippen LogP contribution in [0.1, 0.15) is 0 Å². The molecule has 0 aliphatic heterocycles. The molecule has 0 radical (unpaired) electrons. The summed E-state index contributed by atoms with van der Waals surface area (Å²) in [7, 11) is 0. The molecule has 1 nitrogen and oxygen atoms in total. The zero-order valence-electron chi connectivity index (χ0n) is 22.4. The zero-order chi connectivity index (χ0) is 26.9. The average Bonchev–Trinajstić information content (AvgIpc) is 3.57. The van der Waals surface area contributed by atoms with Crippen molar-refractivity contribution in [2.24, 2.45) is 0 Å². The van der Waals surface area contributed by atoms with Gasteiger partial charge in [-0.05, 0) is 86.6 Å². The lowest BCUT2D eigenvalue weighted by atomic mass is 9.92. The summed E-state index contributed by atoms with van der Waals surface area (Å²) in [6, 6.07) is 55.5. The standard InChI is InChI=1S/C40H25N/c1-3-11-26(12-4-1)29-21-30(27-13-5-2-6-14-27)23-31(22-29)32-24-35-34-17-9-10-18-37(34)41-38-20-19-28-15-7-8-16-33(28)39(38)36(25-32)40(35)41/h1-25H. The van der Waals surface area contributed by atoms with E-state index in [4.69, 9.17) is 0 Å². The summed E-state index contributed by atoms with van der Waals surface area (Å²) < 4.78 is 2.47. The van der Waals surface area contributed by atoms with Crippen LogP contribution < -0.4 is 0 Å². The van der Waals surface area contributed by atoms with Gasteiger partial charge in [0.15, 0.2) is 0 Å². The van der Waals surface area contributed by atoms with Crippen LogP contribution in [0.2, 0.25) is 0 Å². The van der Waals surface area contributed by atoms with Gasteiger partial charge in [0.05, 0.1) is 16.6 Å². The van der Waals surface area contributed by atoms with E-state index in [0.29, 0.717) is 0 Å². The molecular weight excluding hydrogens is 494 g/mol. The van der Waals surface area contributed by atoms with E-state index in [9.17, 15) is 0 Å². The Bertz CT molecular complexity index is 2340. The van der Waals surface area contributed by atoms with Crippen LogP contribution in [0.5, 0.6) is 0 Å². The van der Waals surface area contributed by atoms with E-state index in [1.165, 1.54) is 82.2 Å². The van der Waals surface area contributed by atoms with Crippen molar-refractivity contribution in [3.8, 4) is 33.4 Å². The lowest BCUT2D eigenvalue weighted by molar-refractivity contribution is 1.37. The topological polar surface area (TPSA) is 4.41 Å². The van der Waals surface area contributed by atoms with Gasteiger partial charge in [0.1, 0.15) is 0 Å². The van der Waals surface area contributed by atoms with Crippen LogP contribution in [0.15, 0.2) is 152 Å². The maximum absolute atomic E-state index is 2.47. The molecule has 0 unspecified atom stereocenters. The molecule has 41 heavy (non-hydrogen) atoms. The highest BCUT2D eigenvalue weighted by Gasteiger charge is 2.20.